The van der Waals surface area contributed by atoms with Gasteiger partial charge in [0, 0.05) is 0 Å². The summed E-state index contributed by atoms with van der Waals surface area (Å²) in [4.78, 5) is 4.45. The second-order valence-corrected chi connectivity index (χ2v) is 3.27. The molecule has 1 atom stereocenters. The third-order valence-electron chi connectivity index (χ3n) is 2.15. The third kappa shape index (κ3) is 2.69. The summed E-state index contributed by atoms with van der Waals surface area (Å²) in [5.41, 5.74) is 2.65. The molecule has 0 radical (unpaired) electrons. The topological polar surface area (TPSA) is 12.4 Å². The Kier molecular flexibility index (Phi) is 3.69. The van der Waals surface area contributed by atoms with Gasteiger partial charge in [-0.2, -0.15) is 0 Å². The second-order valence-electron chi connectivity index (χ2n) is 3.27. The number of hydrogen-bond acceptors (Lipinski definition) is 1. The Morgan fingerprint density at radius 2 is 2.08 bits per heavy atom. The van der Waals surface area contributed by atoms with Crippen molar-refractivity contribution in [2.24, 2.45) is 4.99 Å². The third-order valence-corrected chi connectivity index (χ3v) is 2.15. The molecule has 0 bridgehead atoms. The van der Waals surface area contributed by atoms with Crippen molar-refractivity contribution in [2.75, 3.05) is 0 Å². The van der Waals surface area contributed by atoms with Crippen LogP contribution in [0.15, 0.2) is 29.3 Å². The highest BCUT2D eigenvalue weighted by Crippen LogP contribution is 2.19. The maximum absolute atomic E-state index is 4.45. The van der Waals surface area contributed by atoms with Gasteiger partial charge in [0.05, 0.1) is 6.04 Å². The first-order valence-corrected chi connectivity index (χ1v) is 4.83. The number of rotatable bonds is 3. The summed E-state index contributed by atoms with van der Waals surface area (Å²) < 4.78 is 0. The molecule has 0 aromatic heterocycles. The zero-order valence-corrected chi connectivity index (χ0v) is 8.62. The van der Waals surface area contributed by atoms with Crippen LogP contribution in [0.5, 0.6) is 0 Å². The van der Waals surface area contributed by atoms with E-state index >= 15 is 0 Å². The van der Waals surface area contributed by atoms with Gasteiger partial charge in [0.2, 0.25) is 0 Å². The Bertz CT molecular complexity index is 289. The Balaban J connectivity index is 2.82. The van der Waals surface area contributed by atoms with Gasteiger partial charge in [-0.1, -0.05) is 31.2 Å². The molecule has 1 rings (SSSR count). The molecule has 0 aliphatic heterocycles. The number of aliphatic imine (C=N–C) groups is 1. The maximum atomic E-state index is 4.45. The van der Waals surface area contributed by atoms with Gasteiger partial charge in [0.25, 0.3) is 0 Å². The van der Waals surface area contributed by atoms with Gasteiger partial charge in [-0.15, -0.1) is 0 Å². The molecule has 0 unspecified atom stereocenters. The van der Waals surface area contributed by atoms with Crippen molar-refractivity contribution < 1.29 is 0 Å². The van der Waals surface area contributed by atoms with Gasteiger partial charge in [0.15, 0.2) is 0 Å². The number of benzene rings is 1. The zero-order valence-electron chi connectivity index (χ0n) is 8.62. The number of hydrogen-bond donors (Lipinski definition) is 0. The van der Waals surface area contributed by atoms with Crippen LogP contribution in [0.2, 0.25) is 0 Å². The van der Waals surface area contributed by atoms with Crippen molar-refractivity contribution in [1.82, 2.24) is 0 Å². The van der Waals surface area contributed by atoms with Crippen LogP contribution in [0.3, 0.4) is 0 Å². The van der Waals surface area contributed by atoms with Crippen LogP contribution < -0.4 is 0 Å². The predicted octanol–water partition coefficient (Wildman–Crippen LogP) is 3.54. The highest BCUT2D eigenvalue weighted by atomic mass is 14.8. The lowest BCUT2D eigenvalue weighted by atomic mass is 10.0. The fourth-order valence-corrected chi connectivity index (χ4v) is 1.40. The lowest BCUT2D eigenvalue weighted by Gasteiger charge is -2.09. The lowest BCUT2D eigenvalue weighted by molar-refractivity contribution is 0.813. The molecule has 0 aliphatic carbocycles. The number of aryl methyl sites for hydroxylation is 1. The van der Waals surface area contributed by atoms with E-state index in [-0.39, 0.29) is 0 Å². The molecule has 1 nitrogen and oxygen atoms in total. The van der Waals surface area contributed by atoms with Crippen molar-refractivity contribution in [2.45, 2.75) is 33.2 Å². The van der Waals surface area contributed by atoms with Crippen LogP contribution in [-0.4, -0.2) is 6.21 Å². The largest absolute Gasteiger partial charge is 0.290 e. The van der Waals surface area contributed by atoms with E-state index in [0.717, 1.165) is 6.42 Å². The van der Waals surface area contributed by atoms with E-state index in [4.69, 9.17) is 0 Å². The normalized spacial score (nSPS) is 13.5. The van der Waals surface area contributed by atoms with Gasteiger partial charge >= 0.3 is 0 Å². The summed E-state index contributed by atoms with van der Waals surface area (Å²) in [5.74, 6) is 0. The Hall–Kier alpha value is -1.11. The highest BCUT2D eigenvalue weighted by molar-refractivity contribution is 5.57. The van der Waals surface area contributed by atoms with E-state index in [0.29, 0.717) is 6.04 Å². The quantitative estimate of drug-likeness (QED) is 0.623. The van der Waals surface area contributed by atoms with E-state index in [9.17, 15) is 0 Å². The molecular weight excluding hydrogens is 158 g/mol. The summed E-state index contributed by atoms with van der Waals surface area (Å²) in [5, 5.41) is 0. The Morgan fingerprint density at radius 3 is 2.69 bits per heavy atom. The van der Waals surface area contributed by atoms with Crippen LogP contribution in [0, 0.1) is 6.92 Å². The molecule has 0 heterocycles. The van der Waals surface area contributed by atoms with Gasteiger partial charge in [-0.25, -0.2) is 0 Å². The van der Waals surface area contributed by atoms with Gasteiger partial charge in [-0.05, 0) is 37.6 Å². The smallest absolute Gasteiger partial charge is 0.0719 e. The average molecular weight is 175 g/mol. The van der Waals surface area contributed by atoms with Crippen molar-refractivity contribution in [3.63, 3.8) is 0 Å². The summed E-state index contributed by atoms with van der Waals surface area (Å²) in [7, 11) is 0. The molecule has 0 saturated carbocycles. The monoisotopic (exact) mass is 175 g/mol. The molecule has 1 heteroatoms. The minimum absolute atomic E-state index is 0.293. The Labute approximate surface area is 80.5 Å². The molecule has 0 spiro atoms. The van der Waals surface area contributed by atoms with Crippen LogP contribution >= 0.6 is 0 Å². The minimum atomic E-state index is 0.293. The van der Waals surface area contributed by atoms with Gasteiger partial charge in [-0.3, -0.25) is 4.99 Å². The van der Waals surface area contributed by atoms with E-state index in [1.807, 2.05) is 6.21 Å². The summed E-state index contributed by atoms with van der Waals surface area (Å²) in [6.45, 7) is 6.37. The molecule has 0 N–H and O–H groups in total. The molecule has 0 fully saturated rings. The first-order valence-electron chi connectivity index (χ1n) is 4.83. The van der Waals surface area contributed by atoms with E-state index in [1.54, 1.807) is 0 Å². The molecule has 0 saturated heterocycles. The fraction of sp³-hybridized carbons (Fsp3) is 0.417. The number of nitrogens with zero attached hydrogens (tertiary/aromatic N) is 1. The van der Waals surface area contributed by atoms with Crippen LogP contribution in [0.1, 0.15) is 37.4 Å². The molecule has 1 aromatic carbocycles. The van der Waals surface area contributed by atoms with Crippen molar-refractivity contribution in [1.29, 1.82) is 0 Å². The molecule has 1 aromatic rings. The highest BCUT2D eigenvalue weighted by Gasteiger charge is 2.03. The molecule has 0 amide bonds. The standard InChI is InChI=1S/C12H17N/c1-4-9-13-11(3)12-8-6-5-7-10(12)2/h5-9,11H,4H2,1-3H3/b13-9-/t11-/m1/s1. The molecule has 0 aliphatic rings. The molecular formula is C12H17N. The first kappa shape index (κ1) is 9.97. The molecule has 13 heavy (non-hydrogen) atoms. The summed E-state index contributed by atoms with van der Waals surface area (Å²) in [6, 6.07) is 8.71. The van der Waals surface area contributed by atoms with Crippen LogP contribution in [0.4, 0.5) is 0 Å². The SMILES string of the molecule is CC/C=N\[C@H](C)c1ccccc1C. The van der Waals surface area contributed by atoms with E-state index < -0.39 is 0 Å². The first-order chi connectivity index (χ1) is 6.25. The fourth-order valence-electron chi connectivity index (χ4n) is 1.40. The lowest BCUT2D eigenvalue weighted by Crippen LogP contribution is -1.93. The van der Waals surface area contributed by atoms with Crippen molar-refractivity contribution in [3.05, 3.63) is 35.4 Å². The zero-order chi connectivity index (χ0) is 9.68. The van der Waals surface area contributed by atoms with Crippen LogP contribution in [0.25, 0.3) is 0 Å². The Morgan fingerprint density at radius 1 is 1.38 bits per heavy atom. The van der Waals surface area contributed by atoms with E-state index in [1.165, 1.54) is 11.1 Å². The maximum Gasteiger partial charge on any atom is 0.0719 e. The van der Waals surface area contributed by atoms with Crippen LogP contribution in [-0.2, 0) is 0 Å². The second kappa shape index (κ2) is 4.80. The minimum Gasteiger partial charge on any atom is -0.290 e. The predicted molar refractivity (Wildman–Crippen MR) is 58.4 cm³/mol. The molecule has 70 valence electrons. The van der Waals surface area contributed by atoms with E-state index in [2.05, 4.69) is 50.0 Å². The summed E-state index contributed by atoms with van der Waals surface area (Å²) in [6.07, 6.45) is 2.99. The van der Waals surface area contributed by atoms with Crippen molar-refractivity contribution in [3.8, 4) is 0 Å². The summed E-state index contributed by atoms with van der Waals surface area (Å²) >= 11 is 0. The van der Waals surface area contributed by atoms with Crippen molar-refractivity contribution >= 4 is 6.21 Å². The van der Waals surface area contributed by atoms with Gasteiger partial charge in [0.1, 0.15) is 0 Å². The average Bonchev–Trinajstić information content (AvgIpc) is 2.15. The van der Waals surface area contributed by atoms with Gasteiger partial charge < -0.3 is 0 Å².